The Bertz CT molecular complexity index is 347. The smallest absolute Gasteiger partial charge is 0.192 e. The zero-order chi connectivity index (χ0) is 12.4. The Kier molecular flexibility index (Phi) is 6.63. The summed E-state index contributed by atoms with van der Waals surface area (Å²) in [5, 5.41) is 12.7. The van der Waals surface area contributed by atoms with Crippen molar-refractivity contribution in [3.05, 3.63) is 17.5 Å². The number of aromatic nitrogens is 1. The minimum atomic E-state index is -1.74. The quantitative estimate of drug-likeness (QED) is 0.850. The van der Waals surface area contributed by atoms with E-state index >= 15 is 0 Å². The van der Waals surface area contributed by atoms with E-state index in [9.17, 15) is 0 Å². The zero-order valence-corrected chi connectivity index (χ0v) is 14.7. The molecule has 0 saturated heterocycles. The van der Waals surface area contributed by atoms with Gasteiger partial charge in [-0.1, -0.05) is 25.9 Å². The number of hydrogen-bond donors (Lipinski definition) is 1. The third-order valence-corrected chi connectivity index (χ3v) is 7.63. The van der Waals surface area contributed by atoms with Crippen molar-refractivity contribution in [1.29, 1.82) is 0 Å². The molecule has 0 bridgehead atoms. The van der Waals surface area contributed by atoms with Crippen molar-refractivity contribution >= 4 is 37.9 Å². The summed E-state index contributed by atoms with van der Waals surface area (Å²) in [6.07, 6.45) is 0. The SMILES string of the molecule is CC(C)(C)[Si](C)(C)OCc1cc(CO)no1.[Na]. The molecule has 0 unspecified atom stereocenters. The molecule has 1 aromatic rings. The summed E-state index contributed by atoms with van der Waals surface area (Å²) in [5.41, 5.74) is 0.550. The Balaban J connectivity index is 0.00000256. The fraction of sp³-hybridized carbons (Fsp3) is 0.727. The summed E-state index contributed by atoms with van der Waals surface area (Å²) in [6, 6.07) is 1.73. The second-order valence-electron chi connectivity index (χ2n) is 5.49. The van der Waals surface area contributed by atoms with E-state index in [0.29, 0.717) is 18.1 Å². The Labute approximate surface area is 126 Å². The Hall–Kier alpha value is 0.347. The summed E-state index contributed by atoms with van der Waals surface area (Å²) in [7, 11) is -1.74. The molecular weight excluding hydrogens is 245 g/mol. The molecule has 93 valence electrons. The first-order valence-corrected chi connectivity index (χ1v) is 8.36. The number of aliphatic hydroxyl groups excluding tert-OH is 1. The van der Waals surface area contributed by atoms with E-state index < -0.39 is 8.32 Å². The third kappa shape index (κ3) is 4.85. The summed E-state index contributed by atoms with van der Waals surface area (Å²) in [6.45, 7) is 11.3. The first-order valence-electron chi connectivity index (χ1n) is 5.45. The van der Waals surface area contributed by atoms with Gasteiger partial charge < -0.3 is 14.1 Å². The van der Waals surface area contributed by atoms with Crippen LogP contribution in [0.25, 0.3) is 0 Å². The average Bonchev–Trinajstić information content (AvgIpc) is 2.60. The zero-order valence-electron chi connectivity index (χ0n) is 11.7. The van der Waals surface area contributed by atoms with Gasteiger partial charge in [-0.3, -0.25) is 0 Å². The van der Waals surface area contributed by atoms with Gasteiger partial charge in [0.15, 0.2) is 14.1 Å². The predicted octanol–water partition coefficient (Wildman–Crippen LogP) is 2.31. The van der Waals surface area contributed by atoms with E-state index in [4.69, 9.17) is 14.1 Å². The molecule has 0 fully saturated rings. The van der Waals surface area contributed by atoms with Crippen molar-refractivity contribution in [3.8, 4) is 0 Å². The van der Waals surface area contributed by atoms with E-state index in [1.54, 1.807) is 6.07 Å². The van der Waals surface area contributed by atoms with Crippen LogP contribution in [0.3, 0.4) is 0 Å². The van der Waals surface area contributed by atoms with Gasteiger partial charge in [0.2, 0.25) is 0 Å². The standard InChI is InChI=1S/C11H21NO3Si.Na/c1-11(2,3)16(4,5)14-8-10-6-9(7-13)12-15-10;/h6,13H,7-8H2,1-5H3;. The van der Waals surface area contributed by atoms with E-state index in [0.717, 1.165) is 0 Å². The van der Waals surface area contributed by atoms with E-state index in [-0.39, 0.29) is 41.2 Å². The van der Waals surface area contributed by atoms with Gasteiger partial charge in [0.1, 0.15) is 5.69 Å². The molecule has 17 heavy (non-hydrogen) atoms. The normalized spacial score (nSPS) is 12.4. The van der Waals surface area contributed by atoms with Gasteiger partial charge in [-0.05, 0) is 18.1 Å². The van der Waals surface area contributed by atoms with Crippen LogP contribution in [0.15, 0.2) is 10.6 Å². The van der Waals surface area contributed by atoms with Crippen LogP contribution in [-0.2, 0) is 17.6 Å². The van der Waals surface area contributed by atoms with Crippen molar-refractivity contribution in [3.63, 3.8) is 0 Å². The van der Waals surface area contributed by atoms with Gasteiger partial charge in [0.05, 0.1) is 13.2 Å². The van der Waals surface area contributed by atoms with E-state index in [1.165, 1.54) is 0 Å². The predicted molar refractivity (Wildman–Crippen MR) is 70.2 cm³/mol. The maximum absolute atomic E-state index is 8.85. The number of hydrogen-bond acceptors (Lipinski definition) is 4. The maximum Gasteiger partial charge on any atom is 0.192 e. The van der Waals surface area contributed by atoms with Crippen molar-refractivity contribution in [1.82, 2.24) is 5.16 Å². The molecule has 1 heterocycles. The fourth-order valence-corrected chi connectivity index (χ4v) is 1.90. The van der Waals surface area contributed by atoms with Crippen LogP contribution in [0.4, 0.5) is 0 Å². The molecule has 1 rings (SSSR count). The fourth-order valence-electron chi connectivity index (χ4n) is 0.966. The summed E-state index contributed by atoms with van der Waals surface area (Å²) in [4.78, 5) is 0. The molecule has 0 amide bonds. The van der Waals surface area contributed by atoms with Crippen LogP contribution < -0.4 is 0 Å². The first-order chi connectivity index (χ1) is 7.26. The topological polar surface area (TPSA) is 55.5 Å². The average molecular weight is 266 g/mol. The molecular formula is C11H21NNaO3Si. The van der Waals surface area contributed by atoms with Crippen LogP contribution in [0.1, 0.15) is 32.2 Å². The van der Waals surface area contributed by atoms with E-state index in [2.05, 4.69) is 39.0 Å². The Morgan fingerprint density at radius 3 is 2.41 bits per heavy atom. The van der Waals surface area contributed by atoms with Gasteiger partial charge in [0, 0.05) is 35.6 Å². The molecule has 1 aromatic heterocycles. The number of rotatable bonds is 4. The van der Waals surface area contributed by atoms with Gasteiger partial charge in [0.25, 0.3) is 0 Å². The van der Waals surface area contributed by atoms with Crippen LogP contribution in [0, 0.1) is 0 Å². The minimum absolute atomic E-state index is 0. The maximum atomic E-state index is 8.85. The molecule has 1 radical (unpaired) electrons. The number of aliphatic hydroxyl groups is 1. The molecule has 0 aliphatic heterocycles. The van der Waals surface area contributed by atoms with E-state index in [1.807, 2.05) is 0 Å². The summed E-state index contributed by atoms with van der Waals surface area (Å²) in [5.74, 6) is 0.675. The van der Waals surface area contributed by atoms with Crippen molar-refractivity contribution in [2.75, 3.05) is 0 Å². The number of nitrogens with zero attached hydrogens (tertiary/aromatic N) is 1. The van der Waals surface area contributed by atoms with Gasteiger partial charge in [-0.15, -0.1) is 0 Å². The largest absolute Gasteiger partial charge is 0.409 e. The second-order valence-corrected chi connectivity index (χ2v) is 10.3. The second kappa shape index (κ2) is 6.50. The molecule has 0 aliphatic rings. The van der Waals surface area contributed by atoms with Gasteiger partial charge in [-0.25, -0.2) is 0 Å². The molecule has 6 heteroatoms. The summed E-state index contributed by atoms with van der Waals surface area (Å²) >= 11 is 0. The minimum Gasteiger partial charge on any atom is -0.409 e. The molecule has 0 aromatic carbocycles. The first kappa shape index (κ1) is 17.3. The van der Waals surface area contributed by atoms with Gasteiger partial charge in [-0.2, -0.15) is 0 Å². The van der Waals surface area contributed by atoms with Crippen molar-refractivity contribution in [2.24, 2.45) is 0 Å². The van der Waals surface area contributed by atoms with Gasteiger partial charge >= 0.3 is 0 Å². The molecule has 0 spiro atoms. The van der Waals surface area contributed by atoms with Crippen LogP contribution >= 0.6 is 0 Å². The van der Waals surface area contributed by atoms with Crippen molar-refractivity contribution < 1.29 is 14.1 Å². The monoisotopic (exact) mass is 266 g/mol. The molecule has 1 N–H and O–H groups in total. The Morgan fingerprint density at radius 2 is 2.00 bits per heavy atom. The Morgan fingerprint density at radius 1 is 1.41 bits per heavy atom. The molecule has 4 nitrogen and oxygen atoms in total. The van der Waals surface area contributed by atoms with Crippen LogP contribution in [0.2, 0.25) is 18.1 Å². The van der Waals surface area contributed by atoms with Crippen LogP contribution in [-0.4, -0.2) is 48.1 Å². The van der Waals surface area contributed by atoms with Crippen LogP contribution in [0.5, 0.6) is 0 Å². The van der Waals surface area contributed by atoms with Crippen molar-refractivity contribution in [2.45, 2.75) is 52.1 Å². The molecule has 0 atom stereocenters. The molecule has 0 aliphatic carbocycles. The molecule has 0 saturated carbocycles. The third-order valence-electron chi connectivity index (χ3n) is 3.15. The summed E-state index contributed by atoms with van der Waals surface area (Å²) < 4.78 is 11.0.